The second-order valence-electron chi connectivity index (χ2n) is 8.64. The summed E-state index contributed by atoms with van der Waals surface area (Å²) in [5, 5.41) is 10.3. The number of likely N-dealkylation sites (tertiary alicyclic amines) is 1. The number of carboxylic acid groups (broad SMARTS) is 1. The van der Waals surface area contributed by atoms with Crippen LogP contribution in [0.3, 0.4) is 0 Å². The maximum absolute atomic E-state index is 12.0. The summed E-state index contributed by atoms with van der Waals surface area (Å²) < 4.78 is 43.3. The number of fused-ring (bicyclic) bond motifs is 1. The average molecular weight is 458 g/mol. The number of hydrogen-bond donors (Lipinski definition) is 2. The van der Waals surface area contributed by atoms with Crippen LogP contribution in [0.4, 0.5) is 13.2 Å². The Kier molecular flexibility index (Phi) is 8.13. The summed E-state index contributed by atoms with van der Waals surface area (Å²) in [7, 11) is 0. The van der Waals surface area contributed by atoms with Gasteiger partial charge in [0, 0.05) is 43.4 Å². The van der Waals surface area contributed by atoms with Gasteiger partial charge in [0.05, 0.1) is 26.4 Å². The van der Waals surface area contributed by atoms with Crippen LogP contribution in [0.15, 0.2) is 30.3 Å². The van der Waals surface area contributed by atoms with Crippen LogP contribution in [-0.4, -0.2) is 74.1 Å². The number of rotatable bonds is 8. The lowest BCUT2D eigenvalue weighted by molar-refractivity contribution is -0.192. The SMILES string of the molecule is O=C(NC[C@]12COC[C@H]1CN(CCOCc1ccccc1)C2)C1CC1.O=C(O)C(F)(F)F. The Morgan fingerprint density at radius 1 is 1.25 bits per heavy atom. The molecule has 1 amide bonds. The highest BCUT2D eigenvalue weighted by Crippen LogP contribution is 2.41. The minimum Gasteiger partial charge on any atom is -0.475 e. The predicted molar refractivity (Wildman–Crippen MR) is 109 cm³/mol. The van der Waals surface area contributed by atoms with Gasteiger partial charge in [0.15, 0.2) is 0 Å². The molecule has 0 radical (unpaired) electrons. The fraction of sp³-hybridized carbons (Fsp3) is 0.636. The van der Waals surface area contributed by atoms with Crippen LogP contribution in [0, 0.1) is 17.3 Å². The van der Waals surface area contributed by atoms with E-state index in [-0.39, 0.29) is 17.2 Å². The Morgan fingerprint density at radius 2 is 1.94 bits per heavy atom. The van der Waals surface area contributed by atoms with Crippen molar-refractivity contribution in [3.8, 4) is 0 Å². The zero-order valence-corrected chi connectivity index (χ0v) is 17.8. The molecule has 7 nitrogen and oxygen atoms in total. The molecule has 0 spiro atoms. The Labute approximate surface area is 184 Å². The van der Waals surface area contributed by atoms with Crippen LogP contribution >= 0.6 is 0 Å². The topological polar surface area (TPSA) is 88.1 Å². The van der Waals surface area contributed by atoms with Crippen LogP contribution in [0.2, 0.25) is 0 Å². The van der Waals surface area contributed by atoms with Crippen LogP contribution in [0.25, 0.3) is 0 Å². The zero-order valence-electron chi connectivity index (χ0n) is 17.8. The Morgan fingerprint density at radius 3 is 2.56 bits per heavy atom. The second-order valence-corrected chi connectivity index (χ2v) is 8.64. The average Bonchev–Trinajstić information content (AvgIpc) is 3.44. The molecule has 1 aliphatic carbocycles. The molecular weight excluding hydrogens is 429 g/mol. The van der Waals surface area contributed by atoms with Crippen molar-refractivity contribution in [2.24, 2.45) is 17.3 Å². The molecule has 0 aromatic heterocycles. The van der Waals surface area contributed by atoms with Crippen molar-refractivity contribution in [1.82, 2.24) is 10.2 Å². The van der Waals surface area contributed by atoms with E-state index in [1.807, 2.05) is 18.2 Å². The molecule has 1 saturated carbocycles. The van der Waals surface area contributed by atoms with Gasteiger partial charge in [0.25, 0.3) is 0 Å². The molecule has 32 heavy (non-hydrogen) atoms. The third-order valence-corrected chi connectivity index (χ3v) is 6.06. The molecule has 0 unspecified atom stereocenters. The lowest BCUT2D eigenvalue weighted by Crippen LogP contribution is -2.43. The first-order chi connectivity index (χ1) is 15.2. The molecule has 1 aromatic carbocycles. The summed E-state index contributed by atoms with van der Waals surface area (Å²) in [4.78, 5) is 23.4. The monoisotopic (exact) mass is 458 g/mol. The molecular formula is C22H29F3N2O5. The third-order valence-electron chi connectivity index (χ3n) is 6.06. The van der Waals surface area contributed by atoms with Crippen molar-refractivity contribution < 1.29 is 37.3 Å². The first kappa shape index (κ1) is 24.5. The standard InChI is InChI=1S/C20H28N2O3.C2HF3O2/c23-19(17-6-7-17)21-13-20-14-22(10-18(20)12-25-15-20)8-9-24-11-16-4-2-1-3-5-16;3-2(4,5)1(6)7/h1-5,17-18H,6-15H2,(H,21,23);(H,6,7)/t18-,20+;/m1./s1. The van der Waals surface area contributed by atoms with Gasteiger partial charge >= 0.3 is 12.1 Å². The number of amides is 1. The highest BCUT2D eigenvalue weighted by atomic mass is 19.4. The molecule has 2 aliphatic heterocycles. The number of benzene rings is 1. The molecule has 178 valence electrons. The summed E-state index contributed by atoms with van der Waals surface area (Å²) >= 11 is 0. The zero-order chi connectivity index (χ0) is 23.2. The number of ether oxygens (including phenoxy) is 2. The summed E-state index contributed by atoms with van der Waals surface area (Å²) in [6.45, 7) is 6.75. The number of nitrogens with zero attached hydrogens (tertiary/aromatic N) is 1. The first-order valence-corrected chi connectivity index (χ1v) is 10.7. The molecule has 2 heterocycles. The van der Waals surface area contributed by atoms with E-state index in [0.29, 0.717) is 12.5 Å². The van der Waals surface area contributed by atoms with Crippen LogP contribution in [-0.2, 0) is 25.7 Å². The van der Waals surface area contributed by atoms with Gasteiger partial charge in [-0.25, -0.2) is 4.79 Å². The molecule has 3 aliphatic rings. The Bertz CT molecular complexity index is 773. The number of carboxylic acids is 1. The van der Waals surface area contributed by atoms with Gasteiger partial charge in [-0.05, 0) is 18.4 Å². The molecule has 3 fully saturated rings. The summed E-state index contributed by atoms with van der Waals surface area (Å²) in [5.41, 5.74) is 1.32. The molecule has 4 rings (SSSR count). The van der Waals surface area contributed by atoms with Gasteiger partial charge < -0.3 is 19.9 Å². The lowest BCUT2D eigenvalue weighted by Gasteiger charge is -2.27. The van der Waals surface area contributed by atoms with Gasteiger partial charge in [-0.2, -0.15) is 13.2 Å². The fourth-order valence-electron chi connectivity index (χ4n) is 4.07. The van der Waals surface area contributed by atoms with Gasteiger partial charge in [0.1, 0.15) is 0 Å². The van der Waals surface area contributed by atoms with Gasteiger partial charge in [-0.3, -0.25) is 9.69 Å². The smallest absolute Gasteiger partial charge is 0.475 e. The highest BCUT2D eigenvalue weighted by molar-refractivity contribution is 5.80. The number of carbonyl (C=O) groups excluding carboxylic acids is 1. The Hall–Kier alpha value is -2.17. The summed E-state index contributed by atoms with van der Waals surface area (Å²) in [6.07, 6.45) is -2.96. The van der Waals surface area contributed by atoms with Crippen molar-refractivity contribution in [2.75, 3.05) is 46.0 Å². The first-order valence-electron chi connectivity index (χ1n) is 10.7. The van der Waals surface area contributed by atoms with Crippen molar-refractivity contribution in [3.05, 3.63) is 35.9 Å². The molecule has 1 aromatic rings. The van der Waals surface area contributed by atoms with Crippen molar-refractivity contribution >= 4 is 11.9 Å². The summed E-state index contributed by atoms with van der Waals surface area (Å²) in [5.74, 6) is -1.71. The highest BCUT2D eigenvalue weighted by Gasteiger charge is 2.50. The number of carbonyl (C=O) groups is 2. The van der Waals surface area contributed by atoms with Crippen LogP contribution in [0.1, 0.15) is 18.4 Å². The van der Waals surface area contributed by atoms with Crippen molar-refractivity contribution in [2.45, 2.75) is 25.6 Å². The van der Waals surface area contributed by atoms with Crippen molar-refractivity contribution in [3.63, 3.8) is 0 Å². The van der Waals surface area contributed by atoms with E-state index in [0.717, 1.165) is 58.8 Å². The maximum atomic E-state index is 12.0. The normalized spacial score (nSPS) is 25.0. The number of alkyl halides is 3. The summed E-state index contributed by atoms with van der Waals surface area (Å²) in [6, 6.07) is 10.3. The van der Waals surface area contributed by atoms with Gasteiger partial charge in [-0.1, -0.05) is 30.3 Å². The second kappa shape index (κ2) is 10.6. The van der Waals surface area contributed by atoms with E-state index >= 15 is 0 Å². The van der Waals surface area contributed by atoms with Gasteiger partial charge in [-0.15, -0.1) is 0 Å². The number of nitrogens with one attached hydrogen (secondary N) is 1. The molecule has 10 heteroatoms. The predicted octanol–water partition coefficient (Wildman–Crippen LogP) is 2.31. The van der Waals surface area contributed by atoms with Crippen LogP contribution < -0.4 is 5.32 Å². The van der Waals surface area contributed by atoms with Gasteiger partial charge in [0.2, 0.25) is 5.91 Å². The molecule has 0 bridgehead atoms. The largest absolute Gasteiger partial charge is 0.490 e. The molecule has 2 atom stereocenters. The van der Waals surface area contributed by atoms with Crippen LogP contribution in [0.5, 0.6) is 0 Å². The minimum atomic E-state index is -5.08. The number of hydrogen-bond acceptors (Lipinski definition) is 5. The molecule has 2 N–H and O–H groups in total. The van der Waals surface area contributed by atoms with E-state index in [9.17, 15) is 18.0 Å². The third kappa shape index (κ3) is 6.91. The van der Waals surface area contributed by atoms with E-state index in [4.69, 9.17) is 19.4 Å². The quantitative estimate of drug-likeness (QED) is 0.582. The van der Waals surface area contributed by atoms with E-state index in [2.05, 4.69) is 22.3 Å². The van der Waals surface area contributed by atoms with E-state index in [1.54, 1.807) is 0 Å². The number of aliphatic carboxylic acids is 1. The van der Waals surface area contributed by atoms with Crippen molar-refractivity contribution in [1.29, 1.82) is 0 Å². The minimum absolute atomic E-state index is 0.101. The Balaban J connectivity index is 0.000000360. The van der Waals surface area contributed by atoms with E-state index < -0.39 is 12.1 Å². The molecule has 2 saturated heterocycles. The fourth-order valence-corrected chi connectivity index (χ4v) is 4.07. The number of halogens is 3. The van der Waals surface area contributed by atoms with E-state index in [1.165, 1.54) is 5.56 Å². The lowest BCUT2D eigenvalue weighted by atomic mass is 9.81. The maximum Gasteiger partial charge on any atom is 0.490 e.